The van der Waals surface area contributed by atoms with E-state index in [0.717, 1.165) is 13.2 Å². The van der Waals surface area contributed by atoms with E-state index in [2.05, 4.69) is 13.8 Å². The number of aliphatic hydroxyl groups is 3. The molecule has 0 aromatic heterocycles. The highest BCUT2D eigenvalue weighted by Crippen LogP contribution is 1.91. The van der Waals surface area contributed by atoms with E-state index in [1.807, 2.05) is 0 Å². The molecule has 0 spiro atoms. The summed E-state index contributed by atoms with van der Waals surface area (Å²) < 4.78 is 5.31. The first-order valence-corrected chi connectivity index (χ1v) is 6.15. The standard InChI is InChI=1S/C8H18O.C2H6O2.C2H6O/c1-3-5-7-9-8-6-4-2;3-1-2-4;1-2-3/h3-8H2,1-2H3;3-4H,1-2H2;3H,2H2,1H3. The lowest BCUT2D eigenvalue weighted by Crippen LogP contribution is -1.95. The van der Waals surface area contributed by atoms with Crippen molar-refractivity contribution in [1.82, 2.24) is 0 Å². The highest BCUT2D eigenvalue weighted by atomic mass is 16.5. The molecule has 0 radical (unpaired) electrons. The number of hydrogen-bond donors (Lipinski definition) is 3. The fraction of sp³-hybridized carbons (Fsp3) is 1.00. The Labute approximate surface area is 100 Å². The zero-order valence-corrected chi connectivity index (χ0v) is 11.1. The van der Waals surface area contributed by atoms with Crippen molar-refractivity contribution in [3.63, 3.8) is 0 Å². The third-order valence-electron chi connectivity index (χ3n) is 1.38. The van der Waals surface area contributed by atoms with E-state index >= 15 is 0 Å². The lowest BCUT2D eigenvalue weighted by atomic mass is 10.3. The topological polar surface area (TPSA) is 69.9 Å². The molecule has 0 atom stereocenters. The lowest BCUT2D eigenvalue weighted by molar-refractivity contribution is 0.128. The van der Waals surface area contributed by atoms with Crippen LogP contribution in [0.25, 0.3) is 0 Å². The molecule has 16 heavy (non-hydrogen) atoms. The summed E-state index contributed by atoms with van der Waals surface area (Å²) >= 11 is 0. The monoisotopic (exact) mass is 238 g/mol. The molecule has 0 bridgehead atoms. The second-order valence-corrected chi connectivity index (χ2v) is 3.08. The van der Waals surface area contributed by atoms with Gasteiger partial charge in [0.25, 0.3) is 0 Å². The van der Waals surface area contributed by atoms with E-state index in [9.17, 15) is 0 Å². The Morgan fingerprint density at radius 3 is 1.25 bits per heavy atom. The van der Waals surface area contributed by atoms with Crippen LogP contribution in [0.2, 0.25) is 0 Å². The minimum Gasteiger partial charge on any atom is -0.397 e. The normalized spacial score (nSPS) is 8.62. The molecule has 4 nitrogen and oxygen atoms in total. The molecule has 0 amide bonds. The molecule has 0 aliphatic heterocycles. The summed E-state index contributed by atoms with van der Waals surface area (Å²) in [5, 5.41) is 22.8. The summed E-state index contributed by atoms with van der Waals surface area (Å²) in [5.41, 5.74) is 0. The Kier molecular flexibility index (Phi) is 38.8. The largest absolute Gasteiger partial charge is 0.397 e. The van der Waals surface area contributed by atoms with E-state index in [4.69, 9.17) is 20.1 Å². The fourth-order valence-electron chi connectivity index (χ4n) is 0.595. The van der Waals surface area contributed by atoms with E-state index in [-0.39, 0.29) is 19.8 Å². The van der Waals surface area contributed by atoms with E-state index in [0.29, 0.717) is 0 Å². The smallest absolute Gasteiger partial charge is 0.0662 e. The van der Waals surface area contributed by atoms with Gasteiger partial charge in [0, 0.05) is 19.8 Å². The van der Waals surface area contributed by atoms with Gasteiger partial charge in [-0.25, -0.2) is 0 Å². The van der Waals surface area contributed by atoms with Crippen molar-refractivity contribution in [2.75, 3.05) is 33.0 Å². The summed E-state index contributed by atoms with van der Waals surface area (Å²) in [4.78, 5) is 0. The minimum absolute atomic E-state index is 0.125. The van der Waals surface area contributed by atoms with Crippen molar-refractivity contribution in [2.24, 2.45) is 0 Å². The maximum Gasteiger partial charge on any atom is 0.0662 e. The Bertz CT molecular complexity index is 71.4. The Morgan fingerprint density at radius 1 is 0.750 bits per heavy atom. The highest BCUT2D eigenvalue weighted by Gasteiger charge is 1.84. The van der Waals surface area contributed by atoms with Gasteiger partial charge < -0.3 is 20.1 Å². The van der Waals surface area contributed by atoms with Gasteiger partial charge in [-0.1, -0.05) is 26.7 Å². The summed E-state index contributed by atoms with van der Waals surface area (Å²) in [6, 6.07) is 0. The van der Waals surface area contributed by atoms with Gasteiger partial charge in [0.2, 0.25) is 0 Å². The van der Waals surface area contributed by atoms with E-state index < -0.39 is 0 Å². The van der Waals surface area contributed by atoms with Gasteiger partial charge in [-0.2, -0.15) is 0 Å². The van der Waals surface area contributed by atoms with Crippen LogP contribution < -0.4 is 0 Å². The van der Waals surface area contributed by atoms with Crippen LogP contribution in [-0.2, 0) is 4.74 Å². The quantitative estimate of drug-likeness (QED) is 0.589. The summed E-state index contributed by atoms with van der Waals surface area (Å²) in [5.74, 6) is 0. The Morgan fingerprint density at radius 2 is 1.06 bits per heavy atom. The predicted molar refractivity (Wildman–Crippen MR) is 67.6 cm³/mol. The number of rotatable bonds is 7. The van der Waals surface area contributed by atoms with Crippen LogP contribution in [0, 0.1) is 0 Å². The van der Waals surface area contributed by atoms with Crippen LogP contribution in [0.1, 0.15) is 46.5 Å². The van der Waals surface area contributed by atoms with Crippen molar-refractivity contribution in [2.45, 2.75) is 46.5 Å². The summed E-state index contributed by atoms with van der Waals surface area (Å²) in [7, 11) is 0. The molecule has 0 heterocycles. The molecule has 0 fully saturated rings. The molecule has 0 aliphatic rings. The van der Waals surface area contributed by atoms with Crippen molar-refractivity contribution in [3.05, 3.63) is 0 Å². The highest BCUT2D eigenvalue weighted by molar-refractivity contribution is 4.33. The fourth-order valence-corrected chi connectivity index (χ4v) is 0.595. The van der Waals surface area contributed by atoms with Crippen LogP contribution in [0.15, 0.2) is 0 Å². The van der Waals surface area contributed by atoms with Crippen LogP contribution >= 0.6 is 0 Å². The van der Waals surface area contributed by atoms with Crippen molar-refractivity contribution in [1.29, 1.82) is 0 Å². The molecule has 0 aliphatic carbocycles. The minimum atomic E-state index is -0.125. The first-order valence-electron chi connectivity index (χ1n) is 6.15. The van der Waals surface area contributed by atoms with E-state index in [1.54, 1.807) is 6.92 Å². The van der Waals surface area contributed by atoms with Gasteiger partial charge in [0.1, 0.15) is 0 Å². The molecule has 0 rings (SSSR count). The van der Waals surface area contributed by atoms with Crippen molar-refractivity contribution >= 4 is 0 Å². The zero-order valence-electron chi connectivity index (χ0n) is 11.1. The van der Waals surface area contributed by atoms with Crippen LogP contribution in [0.4, 0.5) is 0 Å². The van der Waals surface area contributed by atoms with Gasteiger partial charge in [-0.05, 0) is 19.8 Å². The van der Waals surface area contributed by atoms with Crippen molar-refractivity contribution < 1.29 is 20.1 Å². The maximum absolute atomic E-state index is 7.62. The van der Waals surface area contributed by atoms with Gasteiger partial charge in [-0.15, -0.1) is 0 Å². The number of aliphatic hydroxyl groups excluding tert-OH is 3. The van der Waals surface area contributed by atoms with Crippen LogP contribution in [-0.4, -0.2) is 48.4 Å². The van der Waals surface area contributed by atoms with Gasteiger partial charge in [0.15, 0.2) is 0 Å². The SMILES string of the molecule is CCCCOCCCC.CCO.OCCO. The molecule has 0 saturated carbocycles. The number of unbranched alkanes of at least 4 members (excludes halogenated alkanes) is 2. The van der Waals surface area contributed by atoms with Gasteiger partial charge in [-0.3, -0.25) is 0 Å². The predicted octanol–water partition coefficient (Wildman–Crippen LogP) is 1.57. The van der Waals surface area contributed by atoms with Crippen molar-refractivity contribution in [3.8, 4) is 0 Å². The molecular formula is C12H30O4. The van der Waals surface area contributed by atoms with Crippen LogP contribution in [0.3, 0.4) is 0 Å². The second-order valence-electron chi connectivity index (χ2n) is 3.08. The van der Waals surface area contributed by atoms with E-state index in [1.165, 1.54) is 25.7 Å². The van der Waals surface area contributed by atoms with Gasteiger partial charge in [0.05, 0.1) is 13.2 Å². The molecule has 0 aromatic carbocycles. The molecule has 0 aromatic rings. The molecule has 4 heteroatoms. The summed E-state index contributed by atoms with van der Waals surface area (Å²) in [6.45, 7) is 7.96. The molecule has 0 saturated heterocycles. The third-order valence-corrected chi connectivity index (χ3v) is 1.38. The maximum atomic E-state index is 7.62. The number of ether oxygens (including phenoxy) is 1. The lowest BCUT2D eigenvalue weighted by Gasteiger charge is -1.99. The first kappa shape index (κ1) is 21.2. The number of hydrogen-bond acceptors (Lipinski definition) is 4. The Hall–Kier alpha value is -0.160. The average molecular weight is 238 g/mol. The first-order chi connectivity index (χ1) is 7.74. The average Bonchev–Trinajstić information content (AvgIpc) is 2.30. The second kappa shape index (κ2) is 29.4. The molecular weight excluding hydrogens is 208 g/mol. The molecule has 0 unspecified atom stereocenters. The Balaban J connectivity index is -0.000000201. The summed E-state index contributed by atoms with van der Waals surface area (Å²) in [6.07, 6.45) is 4.91. The third kappa shape index (κ3) is 48.8. The molecule has 102 valence electrons. The molecule has 3 N–H and O–H groups in total. The zero-order chi connectivity index (χ0) is 13.1. The van der Waals surface area contributed by atoms with Crippen LogP contribution in [0.5, 0.6) is 0 Å². The van der Waals surface area contributed by atoms with Gasteiger partial charge >= 0.3 is 0 Å².